The molecule has 1 rings (SSSR count). The fourth-order valence-electron chi connectivity index (χ4n) is 1.18. The number of anilines is 1. The zero-order chi connectivity index (χ0) is 14.8. The van der Waals surface area contributed by atoms with Crippen molar-refractivity contribution in [3.8, 4) is 0 Å². The van der Waals surface area contributed by atoms with Crippen LogP contribution in [0.4, 0.5) is 32.0 Å². The van der Waals surface area contributed by atoms with Crippen molar-refractivity contribution in [3.05, 3.63) is 23.5 Å². The van der Waals surface area contributed by atoms with Crippen molar-refractivity contribution < 1.29 is 31.1 Å². The first-order chi connectivity index (χ1) is 8.51. The molecule has 0 unspecified atom stereocenters. The highest BCUT2D eigenvalue weighted by atomic mass is 35.5. The van der Waals surface area contributed by atoms with Gasteiger partial charge in [-0.15, -0.1) is 0 Å². The molecule has 0 aromatic carbocycles. The minimum Gasteiger partial charge on any atom is -0.325 e. The molecule has 3 nitrogen and oxygen atoms in total. The number of amides is 1. The Morgan fingerprint density at radius 1 is 1.21 bits per heavy atom. The van der Waals surface area contributed by atoms with Crippen molar-refractivity contribution in [2.75, 3.05) is 5.32 Å². The third-order valence-electron chi connectivity index (χ3n) is 1.91. The topological polar surface area (TPSA) is 42.0 Å². The molecule has 0 atom stereocenters. The molecule has 0 radical (unpaired) electrons. The van der Waals surface area contributed by atoms with Crippen molar-refractivity contribution in [1.29, 1.82) is 0 Å². The van der Waals surface area contributed by atoms with E-state index in [0.29, 0.717) is 0 Å². The summed E-state index contributed by atoms with van der Waals surface area (Å²) < 4.78 is 73.4. The lowest BCUT2D eigenvalue weighted by Crippen LogP contribution is -2.45. The van der Waals surface area contributed by atoms with Crippen LogP contribution in [-0.2, 0) is 4.79 Å². The molecular formula is C9H5ClF6N2O. The largest absolute Gasteiger partial charge is 0.409 e. The molecule has 0 spiro atoms. The van der Waals surface area contributed by atoms with Gasteiger partial charge in [-0.1, -0.05) is 11.6 Å². The van der Waals surface area contributed by atoms with Gasteiger partial charge in [-0.3, -0.25) is 4.79 Å². The number of pyridine rings is 1. The highest BCUT2D eigenvalue weighted by molar-refractivity contribution is 6.29. The van der Waals surface area contributed by atoms with Gasteiger partial charge in [-0.2, -0.15) is 26.3 Å². The zero-order valence-corrected chi connectivity index (χ0v) is 9.57. The number of aromatic nitrogens is 1. The summed E-state index contributed by atoms with van der Waals surface area (Å²) in [4.78, 5) is 14.6. The van der Waals surface area contributed by atoms with Gasteiger partial charge in [0.15, 0.2) is 0 Å². The molecule has 1 aromatic rings. The van der Waals surface area contributed by atoms with Crippen molar-refractivity contribution >= 4 is 23.2 Å². The van der Waals surface area contributed by atoms with E-state index in [1.807, 2.05) is 0 Å². The second kappa shape index (κ2) is 5.24. The molecule has 0 aliphatic carbocycles. The standard InChI is InChI=1S/C9H5ClF6N2O/c10-5-3-4(1-2-17-5)18-7(19)6(8(11,12)13)9(14,15)16/h1-3,6H,(H,17,18,19). The van der Waals surface area contributed by atoms with Crippen LogP contribution in [0.5, 0.6) is 0 Å². The maximum atomic E-state index is 12.2. The lowest BCUT2D eigenvalue weighted by molar-refractivity contribution is -0.272. The fraction of sp³-hybridized carbons (Fsp3) is 0.333. The number of nitrogens with zero attached hydrogens (tertiary/aromatic N) is 1. The van der Waals surface area contributed by atoms with Crippen molar-refractivity contribution in [3.63, 3.8) is 0 Å². The quantitative estimate of drug-likeness (QED) is 0.672. The molecule has 19 heavy (non-hydrogen) atoms. The summed E-state index contributed by atoms with van der Waals surface area (Å²) in [6.07, 6.45) is -10.5. The molecule has 0 saturated carbocycles. The Labute approximate surface area is 107 Å². The van der Waals surface area contributed by atoms with Gasteiger partial charge in [0.2, 0.25) is 11.8 Å². The summed E-state index contributed by atoms with van der Waals surface area (Å²) >= 11 is 5.38. The number of rotatable bonds is 2. The monoisotopic (exact) mass is 306 g/mol. The smallest absolute Gasteiger partial charge is 0.325 e. The van der Waals surface area contributed by atoms with E-state index in [1.165, 1.54) is 5.32 Å². The summed E-state index contributed by atoms with van der Waals surface area (Å²) in [5.41, 5.74) is -0.316. The molecule has 1 N–H and O–H groups in total. The third kappa shape index (κ3) is 4.27. The Kier molecular flexibility index (Phi) is 4.28. The summed E-state index contributed by atoms with van der Waals surface area (Å²) in [5.74, 6) is -6.34. The predicted molar refractivity (Wildman–Crippen MR) is 53.5 cm³/mol. The number of alkyl halides is 6. The lowest BCUT2D eigenvalue weighted by Gasteiger charge is -2.21. The van der Waals surface area contributed by atoms with E-state index in [2.05, 4.69) is 4.98 Å². The molecule has 0 aliphatic heterocycles. The van der Waals surface area contributed by atoms with Gasteiger partial charge < -0.3 is 5.32 Å². The van der Waals surface area contributed by atoms with Crippen molar-refractivity contribution in [2.24, 2.45) is 5.92 Å². The van der Waals surface area contributed by atoms with Crippen molar-refractivity contribution in [2.45, 2.75) is 12.4 Å². The predicted octanol–water partition coefficient (Wildman–Crippen LogP) is 3.41. The van der Waals surface area contributed by atoms with Gasteiger partial charge in [0, 0.05) is 11.9 Å². The van der Waals surface area contributed by atoms with Crippen LogP contribution in [0.1, 0.15) is 0 Å². The van der Waals surface area contributed by atoms with Gasteiger partial charge >= 0.3 is 12.4 Å². The average molecular weight is 307 g/mol. The van der Waals surface area contributed by atoms with Crippen LogP contribution in [0.25, 0.3) is 0 Å². The van der Waals surface area contributed by atoms with Crippen LogP contribution in [-0.4, -0.2) is 23.2 Å². The molecule has 1 heterocycles. The molecule has 1 amide bonds. The maximum absolute atomic E-state index is 12.2. The molecule has 0 fully saturated rings. The zero-order valence-electron chi connectivity index (χ0n) is 8.81. The number of carbonyl (C=O) groups excluding carboxylic acids is 1. The summed E-state index contributed by atoms with van der Waals surface area (Å²) in [6, 6.07) is 1.93. The molecule has 0 bridgehead atoms. The Bertz CT molecular complexity index is 459. The first-order valence-corrected chi connectivity index (χ1v) is 4.95. The van der Waals surface area contributed by atoms with Crippen LogP contribution in [0, 0.1) is 5.92 Å². The van der Waals surface area contributed by atoms with Gasteiger partial charge in [0.05, 0.1) is 0 Å². The molecule has 10 heteroatoms. The Hall–Kier alpha value is -1.51. The minimum absolute atomic E-state index is 0.187. The second-order valence-electron chi connectivity index (χ2n) is 3.37. The number of halogens is 7. The minimum atomic E-state index is -5.74. The van der Waals surface area contributed by atoms with Crippen LogP contribution in [0.15, 0.2) is 18.3 Å². The SMILES string of the molecule is O=C(Nc1ccnc(Cl)c1)C(C(F)(F)F)C(F)(F)F. The van der Waals surface area contributed by atoms with Crippen LogP contribution < -0.4 is 5.32 Å². The van der Waals surface area contributed by atoms with Gasteiger partial charge in [0.1, 0.15) is 5.15 Å². The van der Waals surface area contributed by atoms with Crippen LogP contribution >= 0.6 is 11.6 Å². The normalized spacial score (nSPS) is 12.6. The Balaban J connectivity index is 2.97. The highest BCUT2D eigenvalue weighted by Gasteiger charge is 2.61. The van der Waals surface area contributed by atoms with E-state index < -0.39 is 24.2 Å². The van der Waals surface area contributed by atoms with Crippen molar-refractivity contribution in [1.82, 2.24) is 4.98 Å². The van der Waals surface area contributed by atoms with Crippen LogP contribution in [0.3, 0.4) is 0 Å². The second-order valence-corrected chi connectivity index (χ2v) is 3.76. The first-order valence-electron chi connectivity index (χ1n) is 4.57. The van der Waals surface area contributed by atoms with Crippen LogP contribution in [0.2, 0.25) is 5.15 Å². The van der Waals surface area contributed by atoms with Gasteiger partial charge in [-0.25, -0.2) is 4.98 Å². The average Bonchev–Trinajstić information content (AvgIpc) is 2.11. The van der Waals surface area contributed by atoms with E-state index in [-0.39, 0.29) is 10.8 Å². The molecule has 0 aliphatic rings. The van der Waals surface area contributed by atoms with E-state index in [9.17, 15) is 31.1 Å². The fourth-order valence-corrected chi connectivity index (χ4v) is 1.35. The first kappa shape index (κ1) is 15.5. The number of hydrogen-bond acceptors (Lipinski definition) is 2. The van der Waals surface area contributed by atoms with E-state index in [0.717, 1.165) is 18.3 Å². The van der Waals surface area contributed by atoms with Gasteiger partial charge in [-0.05, 0) is 12.1 Å². The third-order valence-corrected chi connectivity index (χ3v) is 2.12. The van der Waals surface area contributed by atoms with E-state index >= 15 is 0 Å². The summed E-state index contributed by atoms with van der Waals surface area (Å²) in [7, 11) is 0. The highest BCUT2D eigenvalue weighted by Crippen LogP contribution is 2.39. The number of nitrogens with one attached hydrogen (secondary N) is 1. The molecular weight excluding hydrogens is 302 g/mol. The molecule has 106 valence electrons. The molecule has 0 saturated heterocycles. The molecule has 1 aromatic heterocycles. The lowest BCUT2D eigenvalue weighted by atomic mass is 10.1. The van der Waals surface area contributed by atoms with Gasteiger partial charge in [0.25, 0.3) is 0 Å². The number of hydrogen-bond donors (Lipinski definition) is 1. The summed E-state index contributed by atoms with van der Waals surface area (Å²) in [5, 5.41) is 1.31. The Morgan fingerprint density at radius 2 is 1.74 bits per heavy atom. The Morgan fingerprint density at radius 3 is 2.16 bits per heavy atom. The maximum Gasteiger partial charge on any atom is 0.409 e. The van der Waals surface area contributed by atoms with E-state index in [1.54, 1.807) is 0 Å². The van der Waals surface area contributed by atoms with E-state index in [4.69, 9.17) is 11.6 Å². The number of carbonyl (C=O) groups is 1. The summed E-state index contributed by atoms with van der Waals surface area (Å²) in [6.45, 7) is 0.